The first-order valence-corrected chi connectivity index (χ1v) is 10.6. The van der Waals surface area contributed by atoms with Crippen molar-refractivity contribution in [2.45, 2.75) is 64.6 Å². The van der Waals surface area contributed by atoms with Crippen LogP contribution in [0.4, 0.5) is 23.2 Å². The monoisotopic (exact) mass is 414 g/mol. The molecule has 3 rings (SSSR count). The summed E-state index contributed by atoms with van der Waals surface area (Å²) < 4.78 is 54.8. The van der Waals surface area contributed by atoms with Gasteiger partial charge in [-0.3, -0.25) is 9.69 Å². The van der Waals surface area contributed by atoms with Crippen LogP contribution in [0.1, 0.15) is 51.5 Å². The van der Waals surface area contributed by atoms with Crippen molar-refractivity contribution < 1.29 is 22.4 Å². The molecule has 2 atom stereocenters. The number of nitrogens with one attached hydrogen (secondary N) is 1. The molecule has 1 aromatic carbocycles. The normalized spacial score (nSPS) is 21.0. The van der Waals surface area contributed by atoms with Gasteiger partial charge >= 0.3 is 6.18 Å². The highest BCUT2D eigenvalue weighted by molar-refractivity contribution is 5.95. The van der Waals surface area contributed by atoms with Crippen molar-refractivity contribution in [2.24, 2.45) is 17.8 Å². The summed E-state index contributed by atoms with van der Waals surface area (Å²) in [6.45, 7) is 4.00. The lowest BCUT2D eigenvalue weighted by atomic mass is 9.90. The number of carbonyl (C=O) groups is 1. The van der Waals surface area contributed by atoms with Crippen LogP contribution in [-0.4, -0.2) is 36.1 Å². The summed E-state index contributed by atoms with van der Waals surface area (Å²) in [6, 6.07) is 3.15. The number of carbonyl (C=O) groups excluding carboxylic acids is 1. The van der Waals surface area contributed by atoms with Gasteiger partial charge in [-0.15, -0.1) is 0 Å². The Morgan fingerprint density at radius 2 is 1.83 bits per heavy atom. The molecule has 1 saturated heterocycles. The lowest BCUT2D eigenvalue weighted by molar-refractivity contribution is -0.189. The van der Waals surface area contributed by atoms with E-state index >= 15 is 0 Å². The van der Waals surface area contributed by atoms with Crippen molar-refractivity contribution in [1.82, 2.24) is 4.90 Å². The fraction of sp³-hybridized carbons (Fsp3) is 0.682. The maximum absolute atomic E-state index is 14.3. The van der Waals surface area contributed by atoms with E-state index in [9.17, 15) is 22.4 Å². The zero-order valence-corrected chi connectivity index (χ0v) is 17.1. The molecule has 1 aromatic rings. The fourth-order valence-electron chi connectivity index (χ4n) is 4.18. The lowest BCUT2D eigenvalue weighted by Crippen LogP contribution is -2.54. The number of hydrogen-bond donors (Lipinski definition) is 1. The first-order chi connectivity index (χ1) is 13.7. The summed E-state index contributed by atoms with van der Waals surface area (Å²) in [4.78, 5) is 14.5. The van der Waals surface area contributed by atoms with Crippen LogP contribution in [0.5, 0.6) is 0 Å². The van der Waals surface area contributed by atoms with Crippen LogP contribution < -0.4 is 5.32 Å². The van der Waals surface area contributed by atoms with Crippen LogP contribution >= 0.6 is 0 Å². The number of piperidine rings is 1. The molecule has 0 aromatic heterocycles. The molecule has 1 aliphatic heterocycles. The molecule has 0 bridgehead atoms. The van der Waals surface area contributed by atoms with E-state index in [1.807, 2.05) is 0 Å². The summed E-state index contributed by atoms with van der Waals surface area (Å²) in [6.07, 6.45) is 1.10. The van der Waals surface area contributed by atoms with E-state index in [1.54, 1.807) is 17.0 Å². The van der Waals surface area contributed by atoms with E-state index in [4.69, 9.17) is 0 Å². The molecule has 1 heterocycles. The van der Waals surface area contributed by atoms with Crippen molar-refractivity contribution >= 4 is 11.6 Å². The number of benzene rings is 1. The topological polar surface area (TPSA) is 32.3 Å². The molecule has 29 heavy (non-hydrogen) atoms. The van der Waals surface area contributed by atoms with Gasteiger partial charge in [-0.25, -0.2) is 4.39 Å². The predicted octanol–water partition coefficient (Wildman–Crippen LogP) is 5.41. The van der Waals surface area contributed by atoms with Crippen LogP contribution in [0.2, 0.25) is 0 Å². The highest BCUT2D eigenvalue weighted by Gasteiger charge is 2.47. The highest BCUT2D eigenvalue weighted by Crippen LogP contribution is 2.35. The molecule has 2 fully saturated rings. The Morgan fingerprint density at radius 3 is 2.38 bits per heavy atom. The van der Waals surface area contributed by atoms with Crippen LogP contribution in [0.25, 0.3) is 0 Å². The van der Waals surface area contributed by atoms with Gasteiger partial charge in [0.1, 0.15) is 11.9 Å². The summed E-state index contributed by atoms with van der Waals surface area (Å²) in [5.41, 5.74) is 0.865. The molecule has 1 N–H and O–H groups in total. The molecule has 0 spiro atoms. The Balaban J connectivity index is 1.77. The Hall–Kier alpha value is -1.63. The van der Waals surface area contributed by atoms with Crippen LogP contribution in [0, 0.1) is 23.6 Å². The van der Waals surface area contributed by atoms with Gasteiger partial charge in [0.05, 0.1) is 11.6 Å². The third-order valence-corrected chi connectivity index (χ3v) is 6.39. The van der Waals surface area contributed by atoms with Gasteiger partial charge in [0.15, 0.2) is 0 Å². The second-order valence-corrected chi connectivity index (χ2v) is 8.61. The summed E-state index contributed by atoms with van der Waals surface area (Å²) in [5.74, 6) is -2.18. The van der Waals surface area contributed by atoms with Gasteiger partial charge in [-0.2, -0.15) is 13.2 Å². The van der Waals surface area contributed by atoms with Gasteiger partial charge in [0.2, 0.25) is 5.91 Å². The highest BCUT2D eigenvalue weighted by atomic mass is 19.4. The second kappa shape index (κ2) is 9.02. The maximum atomic E-state index is 14.3. The maximum Gasteiger partial charge on any atom is 0.393 e. The van der Waals surface area contributed by atoms with Gasteiger partial charge in [-0.05, 0) is 74.7 Å². The Morgan fingerprint density at radius 1 is 1.17 bits per heavy atom. The van der Waals surface area contributed by atoms with E-state index in [1.165, 1.54) is 6.07 Å². The number of rotatable bonds is 7. The fourth-order valence-corrected chi connectivity index (χ4v) is 4.18. The number of hydrogen-bond acceptors (Lipinski definition) is 2. The third kappa shape index (κ3) is 5.71. The average molecular weight is 414 g/mol. The SMILES string of the molecule is CCC1CCN(C(C(=O)Nc2cc(CC3CC3)ccc2F)C(C)C(F)(F)F)CC1. The largest absolute Gasteiger partial charge is 0.393 e. The van der Waals surface area contributed by atoms with E-state index in [-0.39, 0.29) is 5.69 Å². The average Bonchev–Trinajstić information content (AvgIpc) is 3.48. The molecule has 1 amide bonds. The molecule has 1 aliphatic carbocycles. The number of alkyl halides is 3. The van der Waals surface area contributed by atoms with Gasteiger partial charge in [0, 0.05) is 0 Å². The molecule has 1 saturated carbocycles. The number of amides is 1. The minimum absolute atomic E-state index is 0.0315. The second-order valence-electron chi connectivity index (χ2n) is 8.61. The summed E-state index contributed by atoms with van der Waals surface area (Å²) >= 11 is 0. The Bertz CT molecular complexity index is 709. The first kappa shape index (κ1) is 22.1. The number of halogens is 4. The van der Waals surface area contributed by atoms with Crippen molar-refractivity contribution in [1.29, 1.82) is 0 Å². The first-order valence-electron chi connectivity index (χ1n) is 10.6. The zero-order valence-electron chi connectivity index (χ0n) is 17.1. The molecular formula is C22H30F4N2O. The molecule has 2 aliphatic rings. The molecule has 2 unspecified atom stereocenters. The van der Waals surface area contributed by atoms with Crippen LogP contribution in [0.3, 0.4) is 0 Å². The van der Waals surface area contributed by atoms with E-state index in [2.05, 4.69) is 12.2 Å². The van der Waals surface area contributed by atoms with Gasteiger partial charge in [0.25, 0.3) is 0 Å². The van der Waals surface area contributed by atoms with Crippen molar-refractivity contribution in [2.75, 3.05) is 18.4 Å². The van der Waals surface area contributed by atoms with Crippen molar-refractivity contribution in [3.8, 4) is 0 Å². The predicted molar refractivity (Wildman–Crippen MR) is 105 cm³/mol. The zero-order chi connectivity index (χ0) is 21.2. The molecule has 7 heteroatoms. The lowest BCUT2D eigenvalue weighted by Gasteiger charge is -2.39. The van der Waals surface area contributed by atoms with Crippen LogP contribution in [-0.2, 0) is 11.2 Å². The van der Waals surface area contributed by atoms with E-state index in [0.29, 0.717) is 24.9 Å². The number of anilines is 1. The van der Waals surface area contributed by atoms with Gasteiger partial charge in [-0.1, -0.05) is 26.3 Å². The Labute approximate surface area is 169 Å². The smallest absolute Gasteiger partial charge is 0.322 e. The Kier molecular flexibility index (Phi) is 6.87. The van der Waals surface area contributed by atoms with Gasteiger partial charge < -0.3 is 5.32 Å². The quantitative estimate of drug-likeness (QED) is 0.606. The van der Waals surface area contributed by atoms with Crippen molar-refractivity contribution in [3.05, 3.63) is 29.6 Å². The molecule has 3 nitrogen and oxygen atoms in total. The van der Waals surface area contributed by atoms with Crippen LogP contribution in [0.15, 0.2) is 18.2 Å². The summed E-state index contributed by atoms with van der Waals surface area (Å²) in [5, 5.41) is 2.46. The third-order valence-electron chi connectivity index (χ3n) is 6.39. The summed E-state index contributed by atoms with van der Waals surface area (Å²) in [7, 11) is 0. The van der Waals surface area contributed by atoms with Crippen molar-refractivity contribution in [3.63, 3.8) is 0 Å². The van der Waals surface area contributed by atoms with E-state index < -0.39 is 29.9 Å². The number of likely N-dealkylation sites (tertiary alicyclic amines) is 1. The number of nitrogens with zero attached hydrogens (tertiary/aromatic N) is 1. The molecule has 162 valence electrons. The standard InChI is InChI=1S/C22H30F4N2O/c1-3-15-8-10-28(11-9-15)20(14(2)22(24,25)26)21(29)27-19-13-17(6-7-18(19)23)12-16-4-5-16/h6-7,13-16,20H,3-5,8-12H2,1-2H3,(H,27,29). The molecular weight excluding hydrogens is 384 g/mol. The molecule has 0 radical (unpaired) electrons. The minimum Gasteiger partial charge on any atom is -0.322 e. The van der Waals surface area contributed by atoms with E-state index in [0.717, 1.165) is 51.0 Å². The minimum atomic E-state index is -4.50.